The van der Waals surface area contributed by atoms with E-state index in [1.54, 1.807) is 18.2 Å². The van der Waals surface area contributed by atoms with E-state index in [4.69, 9.17) is 4.74 Å². The summed E-state index contributed by atoms with van der Waals surface area (Å²) in [4.78, 5) is 24.9. The highest BCUT2D eigenvalue weighted by molar-refractivity contribution is 7.90. The number of hydrogen-bond donors (Lipinski definition) is 3. The number of sulfone groups is 1. The zero-order chi connectivity index (χ0) is 22.7. The van der Waals surface area contributed by atoms with Gasteiger partial charge < -0.3 is 20.7 Å². The summed E-state index contributed by atoms with van der Waals surface area (Å²) in [5.41, 5.74) is 1.77. The van der Waals surface area contributed by atoms with Gasteiger partial charge in [-0.25, -0.2) is 12.8 Å². The first-order valence-electron chi connectivity index (χ1n) is 10.4. The highest BCUT2D eigenvalue weighted by atomic mass is 32.2. The number of anilines is 2. The molecule has 3 N–H and O–H groups in total. The van der Waals surface area contributed by atoms with Crippen molar-refractivity contribution in [3.63, 3.8) is 0 Å². The number of carbonyl (C=O) groups is 2. The molecule has 2 amide bonds. The van der Waals surface area contributed by atoms with Gasteiger partial charge in [0.1, 0.15) is 11.9 Å². The number of carbonyl (C=O) groups excluding carboxylic acids is 2. The summed E-state index contributed by atoms with van der Waals surface area (Å²) >= 11 is 0. The Bertz CT molecular complexity index is 1110. The van der Waals surface area contributed by atoms with Crippen LogP contribution in [0.4, 0.5) is 15.8 Å². The average Bonchev–Trinajstić information content (AvgIpc) is 3.27. The second-order valence-electron chi connectivity index (χ2n) is 7.97. The number of benzene rings is 2. The molecule has 170 valence electrons. The third-order valence-corrected chi connectivity index (χ3v) is 7.03. The van der Waals surface area contributed by atoms with Crippen LogP contribution in [0.5, 0.6) is 0 Å². The maximum absolute atomic E-state index is 13.0. The van der Waals surface area contributed by atoms with Gasteiger partial charge in [-0.2, -0.15) is 0 Å². The summed E-state index contributed by atoms with van der Waals surface area (Å²) in [6.07, 6.45) is 1.92. The summed E-state index contributed by atoms with van der Waals surface area (Å²) in [6, 6.07) is 9.01. The van der Waals surface area contributed by atoms with Crippen molar-refractivity contribution in [2.24, 2.45) is 0 Å². The van der Waals surface area contributed by atoms with Gasteiger partial charge in [-0.05, 0) is 48.7 Å². The Balaban J connectivity index is 1.39. The molecule has 0 unspecified atom stereocenters. The molecular formula is C22H24FN3O5S. The number of fused-ring (bicyclic) bond motifs is 1. The van der Waals surface area contributed by atoms with Crippen LogP contribution in [0.1, 0.15) is 28.8 Å². The van der Waals surface area contributed by atoms with Gasteiger partial charge in [-0.15, -0.1) is 0 Å². The minimum absolute atomic E-state index is 0.0237. The molecule has 4 rings (SSSR count). The summed E-state index contributed by atoms with van der Waals surface area (Å²) in [5, 5.41) is 8.44. The van der Waals surface area contributed by atoms with Crippen LogP contribution in [-0.4, -0.2) is 51.3 Å². The standard InChI is InChI=1S/C22H24FN3O5S/c23-16-6-3-14(4-7-16)12-32(29,30)13-20-22(28)26-19-10-15(5-8-18(19)25-20)21(27)24-11-17-2-1-9-31-17/h3-8,10,17,20,25H,1-2,9,11-13H2,(H,24,27)(H,26,28)/t17-,20-/m0/s1. The lowest BCUT2D eigenvalue weighted by Crippen LogP contribution is -2.43. The number of amides is 2. The summed E-state index contributed by atoms with van der Waals surface area (Å²) in [6.45, 7) is 1.13. The van der Waals surface area contributed by atoms with E-state index in [1.165, 1.54) is 24.3 Å². The molecule has 1 saturated heterocycles. The Hall–Kier alpha value is -2.98. The SMILES string of the molecule is O=C(NC[C@@H]1CCCO1)c1ccc2c(c1)NC(=O)[C@H](CS(=O)(=O)Cc1ccc(F)cc1)N2. The van der Waals surface area contributed by atoms with Gasteiger partial charge in [-0.3, -0.25) is 9.59 Å². The minimum Gasteiger partial charge on any atom is -0.376 e. The summed E-state index contributed by atoms with van der Waals surface area (Å²) < 4.78 is 43.6. The molecule has 32 heavy (non-hydrogen) atoms. The van der Waals surface area contributed by atoms with Crippen LogP contribution in [0.25, 0.3) is 0 Å². The van der Waals surface area contributed by atoms with Gasteiger partial charge in [0.15, 0.2) is 9.84 Å². The molecule has 0 saturated carbocycles. The molecule has 0 radical (unpaired) electrons. The lowest BCUT2D eigenvalue weighted by molar-refractivity contribution is -0.116. The third kappa shape index (κ3) is 5.43. The van der Waals surface area contributed by atoms with Gasteiger partial charge >= 0.3 is 0 Å². The Morgan fingerprint density at radius 1 is 1.16 bits per heavy atom. The molecular weight excluding hydrogens is 437 g/mol. The topological polar surface area (TPSA) is 114 Å². The van der Waals surface area contributed by atoms with E-state index in [1.807, 2.05) is 0 Å². The fourth-order valence-electron chi connectivity index (χ4n) is 3.77. The summed E-state index contributed by atoms with van der Waals surface area (Å²) in [5.74, 6) is -1.94. The number of hydrogen-bond acceptors (Lipinski definition) is 6. The molecule has 0 aliphatic carbocycles. The van der Waals surface area contributed by atoms with Crippen molar-refractivity contribution in [3.05, 3.63) is 59.4 Å². The first kappa shape index (κ1) is 22.2. The monoisotopic (exact) mass is 461 g/mol. The molecule has 2 aromatic carbocycles. The highest BCUT2D eigenvalue weighted by Gasteiger charge is 2.30. The number of halogens is 1. The van der Waals surface area contributed by atoms with E-state index >= 15 is 0 Å². The molecule has 2 aliphatic rings. The molecule has 2 aliphatic heterocycles. The fraction of sp³-hybridized carbons (Fsp3) is 0.364. The minimum atomic E-state index is -3.64. The van der Waals surface area contributed by atoms with E-state index in [9.17, 15) is 22.4 Å². The van der Waals surface area contributed by atoms with Crippen molar-refractivity contribution in [2.75, 3.05) is 29.5 Å². The van der Waals surface area contributed by atoms with Crippen LogP contribution in [0.2, 0.25) is 0 Å². The van der Waals surface area contributed by atoms with Gasteiger partial charge in [0, 0.05) is 18.7 Å². The maximum atomic E-state index is 13.0. The quantitative estimate of drug-likeness (QED) is 0.582. The predicted octanol–water partition coefficient (Wildman–Crippen LogP) is 2.08. The Morgan fingerprint density at radius 2 is 1.94 bits per heavy atom. The van der Waals surface area contributed by atoms with Crippen LogP contribution in [0.15, 0.2) is 42.5 Å². The average molecular weight is 462 g/mol. The lowest BCUT2D eigenvalue weighted by atomic mass is 10.1. The van der Waals surface area contributed by atoms with Crippen LogP contribution >= 0.6 is 0 Å². The highest BCUT2D eigenvalue weighted by Crippen LogP contribution is 2.28. The van der Waals surface area contributed by atoms with Crippen molar-refractivity contribution in [3.8, 4) is 0 Å². The van der Waals surface area contributed by atoms with E-state index in [-0.39, 0.29) is 17.8 Å². The van der Waals surface area contributed by atoms with E-state index in [0.29, 0.717) is 35.7 Å². The van der Waals surface area contributed by atoms with Crippen molar-refractivity contribution in [1.29, 1.82) is 0 Å². The maximum Gasteiger partial charge on any atom is 0.251 e. The van der Waals surface area contributed by atoms with Crippen LogP contribution in [0.3, 0.4) is 0 Å². The van der Waals surface area contributed by atoms with Gasteiger partial charge in [-0.1, -0.05) is 12.1 Å². The molecule has 2 aromatic rings. The molecule has 10 heteroatoms. The first-order valence-corrected chi connectivity index (χ1v) is 12.2. The molecule has 2 atom stereocenters. The zero-order valence-corrected chi connectivity index (χ0v) is 18.1. The first-order chi connectivity index (χ1) is 15.3. The predicted molar refractivity (Wildman–Crippen MR) is 118 cm³/mol. The number of ether oxygens (including phenoxy) is 1. The van der Waals surface area contributed by atoms with E-state index in [2.05, 4.69) is 16.0 Å². The largest absolute Gasteiger partial charge is 0.376 e. The summed E-state index contributed by atoms with van der Waals surface area (Å²) in [7, 11) is -3.64. The molecule has 0 aromatic heterocycles. The Labute approximate surface area is 185 Å². The zero-order valence-electron chi connectivity index (χ0n) is 17.3. The second-order valence-corrected chi connectivity index (χ2v) is 10.1. The molecule has 0 bridgehead atoms. The van der Waals surface area contributed by atoms with E-state index in [0.717, 1.165) is 12.8 Å². The molecule has 1 fully saturated rings. The van der Waals surface area contributed by atoms with E-state index < -0.39 is 33.4 Å². The smallest absolute Gasteiger partial charge is 0.251 e. The molecule has 8 nitrogen and oxygen atoms in total. The van der Waals surface area contributed by atoms with Gasteiger partial charge in [0.05, 0.1) is 29.0 Å². The van der Waals surface area contributed by atoms with Crippen molar-refractivity contribution < 1.29 is 27.1 Å². The Morgan fingerprint density at radius 3 is 2.66 bits per heavy atom. The van der Waals surface area contributed by atoms with Crippen molar-refractivity contribution >= 4 is 33.0 Å². The van der Waals surface area contributed by atoms with Crippen molar-refractivity contribution in [2.45, 2.75) is 30.7 Å². The Kier molecular flexibility index (Phi) is 6.43. The van der Waals surface area contributed by atoms with Gasteiger partial charge in [0.25, 0.3) is 5.91 Å². The fourth-order valence-corrected chi connectivity index (χ4v) is 5.33. The van der Waals surface area contributed by atoms with Gasteiger partial charge in [0.2, 0.25) is 5.91 Å². The van der Waals surface area contributed by atoms with Crippen LogP contribution in [-0.2, 0) is 25.1 Å². The van der Waals surface area contributed by atoms with Crippen LogP contribution < -0.4 is 16.0 Å². The molecule has 0 spiro atoms. The van der Waals surface area contributed by atoms with Crippen molar-refractivity contribution in [1.82, 2.24) is 5.32 Å². The normalized spacial score (nSPS) is 20.2. The molecule has 2 heterocycles. The number of nitrogens with one attached hydrogen (secondary N) is 3. The third-order valence-electron chi connectivity index (χ3n) is 5.42. The second kappa shape index (κ2) is 9.25. The van der Waals surface area contributed by atoms with Crippen LogP contribution in [0, 0.1) is 5.82 Å². The number of rotatable bonds is 7. The lowest BCUT2D eigenvalue weighted by Gasteiger charge is -2.27.